The van der Waals surface area contributed by atoms with Crippen molar-refractivity contribution in [1.82, 2.24) is 19.7 Å². The summed E-state index contributed by atoms with van der Waals surface area (Å²) in [6.07, 6.45) is 1.20. The molecule has 1 unspecified atom stereocenters. The minimum Gasteiger partial charge on any atom is -0.472 e. The van der Waals surface area contributed by atoms with Crippen LogP contribution < -0.4 is 9.64 Å². The van der Waals surface area contributed by atoms with Crippen molar-refractivity contribution in [3.63, 3.8) is 0 Å². The largest absolute Gasteiger partial charge is 0.472 e. The van der Waals surface area contributed by atoms with Crippen LogP contribution in [-0.4, -0.2) is 61.4 Å². The summed E-state index contributed by atoms with van der Waals surface area (Å²) in [5.74, 6) is 0.918. The molecular weight excluding hydrogens is 394 g/mol. The number of ether oxygens (including phenoxy) is 1. The minimum absolute atomic E-state index is 0.200. The molecule has 1 aromatic carbocycles. The number of para-hydroxylation sites is 1. The molecule has 0 amide bonds. The van der Waals surface area contributed by atoms with E-state index in [9.17, 15) is 8.42 Å². The van der Waals surface area contributed by atoms with Crippen LogP contribution in [0.3, 0.4) is 0 Å². The molecule has 154 valence electrons. The number of piperidine rings is 1. The van der Waals surface area contributed by atoms with Crippen molar-refractivity contribution in [3.05, 3.63) is 42.1 Å². The van der Waals surface area contributed by atoms with Crippen molar-refractivity contribution in [1.29, 1.82) is 0 Å². The van der Waals surface area contributed by atoms with Gasteiger partial charge in [-0.05, 0) is 31.0 Å². The first kappa shape index (κ1) is 19.6. The molecule has 29 heavy (non-hydrogen) atoms. The van der Waals surface area contributed by atoms with Crippen molar-refractivity contribution >= 4 is 26.8 Å². The van der Waals surface area contributed by atoms with Crippen molar-refractivity contribution < 1.29 is 17.7 Å². The molecule has 0 saturated carbocycles. The van der Waals surface area contributed by atoms with E-state index in [1.54, 1.807) is 12.1 Å². The van der Waals surface area contributed by atoms with Crippen molar-refractivity contribution in [2.45, 2.75) is 24.7 Å². The zero-order valence-corrected chi connectivity index (χ0v) is 17.2. The third-order valence-electron chi connectivity index (χ3n) is 4.88. The molecule has 0 bridgehead atoms. The maximum Gasteiger partial charge on any atom is 0.233 e. The number of fused-ring (bicyclic) bond motifs is 1. The fourth-order valence-electron chi connectivity index (χ4n) is 3.35. The molecule has 10 heteroatoms. The number of hydrogen-bond acceptors (Lipinski definition) is 8. The molecule has 3 aromatic rings. The monoisotopic (exact) mass is 417 g/mol. The Morgan fingerprint density at radius 2 is 2.03 bits per heavy atom. The molecule has 0 aliphatic carbocycles. The number of rotatable bonds is 6. The standard InChI is InChI=1S/C19H23N5O4S/c1-23(2)18-9-10-19(21-20-18)27-14-6-5-11-24(12-14)29(25,26)13-16-15-7-3-4-8-17(15)28-22-16/h3-4,7-10,14H,5-6,11-13H2,1-2H3. The van der Waals surface area contributed by atoms with E-state index >= 15 is 0 Å². The highest BCUT2D eigenvalue weighted by molar-refractivity contribution is 7.88. The second-order valence-electron chi connectivity index (χ2n) is 7.25. The summed E-state index contributed by atoms with van der Waals surface area (Å²) in [5.41, 5.74) is 1.01. The Kier molecular flexibility index (Phi) is 5.37. The summed E-state index contributed by atoms with van der Waals surface area (Å²) in [4.78, 5) is 1.85. The van der Waals surface area contributed by atoms with Crippen molar-refractivity contribution in [2.24, 2.45) is 0 Å². The third-order valence-corrected chi connectivity index (χ3v) is 6.63. The lowest BCUT2D eigenvalue weighted by Crippen LogP contribution is -2.44. The highest BCUT2D eigenvalue weighted by atomic mass is 32.2. The van der Waals surface area contributed by atoms with Gasteiger partial charge in [-0.15, -0.1) is 10.2 Å². The van der Waals surface area contributed by atoms with E-state index in [1.165, 1.54) is 4.31 Å². The molecule has 2 aromatic heterocycles. The van der Waals surface area contributed by atoms with Gasteiger partial charge in [-0.3, -0.25) is 0 Å². The van der Waals surface area contributed by atoms with Crippen molar-refractivity contribution in [3.8, 4) is 5.88 Å². The topological polar surface area (TPSA) is 102 Å². The third kappa shape index (κ3) is 4.33. The smallest absolute Gasteiger partial charge is 0.233 e. The first-order valence-electron chi connectivity index (χ1n) is 9.41. The van der Waals surface area contributed by atoms with Crippen LogP contribution in [0.2, 0.25) is 0 Å². The first-order valence-corrected chi connectivity index (χ1v) is 11.0. The Labute approximate surface area is 169 Å². The second kappa shape index (κ2) is 7.96. The Bertz CT molecular complexity index is 1080. The number of benzene rings is 1. The summed E-state index contributed by atoms with van der Waals surface area (Å²) in [6.45, 7) is 0.735. The normalized spacial score (nSPS) is 18.1. The molecular formula is C19H23N5O4S. The van der Waals surface area contributed by atoms with Gasteiger partial charge in [0, 0.05) is 32.1 Å². The van der Waals surface area contributed by atoms with Gasteiger partial charge >= 0.3 is 0 Å². The maximum absolute atomic E-state index is 13.0. The maximum atomic E-state index is 13.0. The minimum atomic E-state index is -3.55. The molecule has 0 spiro atoms. The Hall–Kier alpha value is -2.72. The average molecular weight is 417 g/mol. The van der Waals surface area contributed by atoms with E-state index < -0.39 is 10.0 Å². The second-order valence-corrected chi connectivity index (χ2v) is 9.21. The molecule has 0 radical (unpaired) electrons. The molecule has 0 N–H and O–H groups in total. The van der Waals surface area contributed by atoms with Gasteiger partial charge < -0.3 is 14.2 Å². The highest BCUT2D eigenvalue weighted by Gasteiger charge is 2.31. The Balaban J connectivity index is 1.44. The van der Waals surface area contributed by atoms with Gasteiger partial charge in [0.15, 0.2) is 11.4 Å². The SMILES string of the molecule is CN(C)c1ccc(OC2CCCN(S(=O)(=O)Cc3noc4ccccc34)C2)nn1. The lowest BCUT2D eigenvalue weighted by molar-refractivity contribution is 0.123. The molecule has 9 nitrogen and oxygen atoms in total. The van der Waals surface area contributed by atoms with Gasteiger partial charge in [0.2, 0.25) is 15.9 Å². The predicted octanol–water partition coefficient (Wildman–Crippen LogP) is 2.06. The molecule has 3 heterocycles. The van der Waals surface area contributed by atoms with Crippen LogP contribution in [0, 0.1) is 0 Å². The summed E-state index contributed by atoms with van der Waals surface area (Å²) in [7, 11) is 0.210. The van der Waals surface area contributed by atoms with E-state index in [2.05, 4.69) is 15.4 Å². The molecule has 1 saturated heterocycles. The Morgan fingerprint density at radius 3 is 2.79 bits per heavy atom. The molecule has 1 atom stereocenters. The molecule has 1 aliphatic rings. The van der Waals surface area contributed by atoms with Crippen LogP contribution in [0.5, 0.6) is 5.88 Å². The van der Waals surface area contributed by atoms with Gasteiger partial charge in [-0.25, -0.2) is 8.42 Å². The fraction of sp³-hybridized carbons (Fsp3) is 0.421. The highest BCUT2D eigenvalue weighted by Crippen LogP contribution is 2.24. The molecule has 1 aliphatic heterocycles. The van der Waals surface area contributed by atoms with Crippen molar-refractivity contribution in [2.75, 3.05) is 32.1 Å². The zero-order chi connectivity index (χ0) is 20.4. The first-order chi connectivity index (χ1) is 13.9. The van der Waals surface area contributed by atoms with E-state index in [-0.39, 0.29) is 18.4 Å². The summed E-state index contributed by atoms with van der Waals surface area (Å²) < 4.78 is 38.5. The van der Waals surface area contributed by atoms with Crippen LogP contribution in [0.4, 0.5) is 5.82 Å². The van der Waals surface area contributed by atoms with E-state index in [0.717, 1.165) is 17.6 Å². The number of hydrogen-bond donors (Lipinski definition) is 0. The van der Waals surface area contributed by atoms with E-state index in [1.807, 2.05) is 43.3 Å². The van der Waals surface area contributed by atoms with Gasteiger partial charge in [-0.2, -0.15) is 4.31 Å². The van der Waals surface area contributed by atoms with Gasteiger partial charge in [-0.1, -0.05) is 17.3 Å². The van der Waals surface area contributed by atoms with Crippen LogP contribution in [0.1, 0.15) is 18.5 Å². The summed E-state index contributed by atoms with van der Waals surface area (Å²) in [6, 6.07) is 10.8. The lowest BCUT2D eigenvalue weighted by Gasteiger charge is -2.31. The molecule has 4 rings (SSSR count). The predicted molar refractivity (Wildman–Crippen MR) is 108 cm³/mol. The lowest BCUT2D eigenvalue weighted by atomic mass is 10.1. The van der Waals surface area contributed by atoms with Crippen LogP contribution >= 0.6 is 0 Å². The number of aromatic nitrogens is 3. The zero-order valence-electron chi connectivity index (χ0n) is 16.4. The van der Waals surface area contributed by atoms with Crippen LogP contribution in [-0.2, 0) is 15.8 Å². The number of nitrogens with zero attached hydrogens (tertiary/aromatic N) is 5. The van der Waals surface area contributed by atoms with Crippen LogP contribution in [0.15, 0.2) is 40.9 Å². The van der Waals surface area contributed by atoms with E-state index in [4.69, 9.17) is 9.26 Å². The van der Waals surface area contributed by atoms with Gasteiger partial charge in [0.05, 0.1) is 6.54 Å². The fourth-order valence-corrected chi connectivity index (χ4v) is 4.88. The average Bonchev–Trinajstić information content (AvgIpc) is 3.11. The summed E-state index contributed by atoms with van der Waals surface area (Å²) in [5, 5.41) is 12.8. The number of anilines is 1. The molecule has 1 fully saturated rings. The Morgan fingerprint density at radius 1 is 1.21 bits per heavy atom. The quantitative estimate of drug-likeness (QED) is 0.601. The number of sulfonamides is 1. The van der Waals surface area contributed by atoms with E-state index in [0.29, 0.717) is 30.1 Å². The van der Waals surface area contributed by atoms with Crippen LogP contribution in [0.25, 0.3) is 11.0 Å². The summed E-state index contributed by atoms with van der Waals surface area (Å²) >= 11 is 0. The van der Waals surface area contributed by atoms with Gasteiger partial charge in [0.1, 0.15) is 17.6 Å². The van der Waals surface area contributed by atoms with Gasteiger partial charge in [0.25, 0.3) is 0 Å².